The van der Waals surface area contributed by atoms with Crippen LogP contribution in [0.25, 0.3) is 0 Å². The molecule has 0 fully saturated rings. The first-order chi connectivity index (χ1) is 18.0. The number of ether oxygens (including phenoxy) is 1. The van der Waals surface area contributed by atoms with Crippen molar-refractivity contribution in [1.82, 2.24) is 0 Å². The van der Waals surface area contributed by atoms with E-state index in [4.69, 9.17) is 4.74 Å². The van der Waals surface area contributed by atoms with Gasteiger partial charge in [-0.1, -0.05) is 90.4 Å². The molecule has 0 amide bonds. The molecule has 0 aliphatic carbocycles. The second-order valence-electron chi connectivity index (χ2n) is 12.2. The van der Waals surface area contributed by atoms with Crippen molar-refractivity contribution in [2.45, 2.75) is 156 Å². The van der Waals surface area contributed by atoms with Crippen LogP contribution in [0.1, 0.15) is 154 Å². The van der Waals surface area contributed by atoms with Gasteiger partial charge in [-0.05, 0) is 0 Å². The number of hydrogen-bond donors (Lipinski definition) is 3. The molecule has 1 aromatic carbocycles. The van der Waals surface area contributed by atoms with Gasteiger partial charge in [0.25, 0.3) is 0 Å². The van der Waals surface area contributed by atoms with Crippen molar-refractivity contribution in [3.63, 3.8) is 0 Å². The number of aryl methyl sites for hydroxylation is 2. The summed E-state index contributed by atoms with van der Waals surface area (Å²) in [5, 5.41) is 0.250. The molecule has 222 valence electrons. The summed E-state index contributed by atoms with van der Waals surface area (Å²) in [6.07, 6.45) is 22.0. The summed E-state index contributed by atoms with van der Waals surface area (Å²) in [5.74, 6) is -0.194. The van der Waals surface area contributed by atoms with Crippen LogP contribution in [0.2, 0.25) is 0 Å². The number of carbonyl (C=O) groups excluding carboxylic acids is 1. The third kappa shape index (κ3) is 15.6. The van der Waals surface area contributed by atoms with Crippen molar-refractivity contribution in [3.05, 3.63) is 28.8 Å². The van der Waals surface area contributed by atoms with Gasteiger partial charge in [-0.25, -0.2) is 0 Å². The molecule has 38 heavy (non-hydrogen) atoms. The van der Waals surface area contributed by atoms with Crippen molar-refractivity contribution in [2.24, 2.45) is 0 Å². The van der Waals surface area contributed by atoms with E-state index in [1.807, 2.05) is 32.9 Å². The molecular weight excluding hydrogens is 495 g/mol. The van der Waals surface area contributed by atoms with Crippen LogP contribution in [0.4, 0.5) is 0 Å². The van der Waals surface area contributed by atoms with E-state index in [-0.39, 0.29) is 16.7 Å². The van der Waals surface area contributed by atoms with E-state index in [9.17, 15) is 19.5 Å². The standard InChI is InChI=1S/C32H59O5P/c1-6-7-8-9-10-11-12-13-14-15-16-17-18-19-20-21-24-37-30(33)23-22-28-25-27(2)31(38(34,35)36)29(26-28)32(3,4)5/h25-26,34-36,38H,6-24H2,1-5H3. The molecule has 0 aliphatic heterocycles. The van der Waals surface area contributed by atoms with E-state index < -0.39 is 7.94 Å². The van der Waals surface area contributed by atoms with Crippen LogP contribution in [0.15, 0.2) is 12.1 Å². The number of unbranched alkanes of at least 4 members (excludes halogenated alkanes) is 15. The van der Waals surface area contributed by atoms with Crippen molar-refractivity contribution < 1.29 is 24.2 Å². The first kappa shape index (κ1) is 35.0. The van der Waals surface area contributed by atoms with Crippen LogP contribution >= 0.6 is 7.94 Å². The summed E-state index contributed by atoms with van der Waals surface area (Å²) in [7, 11) is -4.44. The molecule has 0 saturated heterocycles. The van der Waals surface area contributed by atoms with Gasteiger partial charge in [0.15, 0.2) is 0 Å². The van der Waals surface area contributed by atoms with E-state index >= 15 is 0 Å². The number of rotatable bonds is 21. The van der Waals surface area contributed by atoms with Crippen molar-refractivity contribution in [1.29, 1.82) is 0 Å². The van der Waals surface area contributed by atoms with Gasteiger partial charge in [0, 0.05) is 0 Å². The Morgan fingerprint density at radius 1 is 0.763 bits per heavy atom. The molecule has 6 heteroatoms. The number of hydrogen-bond acceptors (Lipinski definition) is 5. The fraction of sp³-hybridized carbons (Fsp3) is 0.781. The molecule has 1 rings (SSSR count). The minimum absolute atomic E-state index is 0.194. The maximum atomic E-state index is 12.2. The summed E-state index contributed by atoms with van der Waals surface area (Å²) in [4.78, 5) is 42.2. The fourth-order valence-electron chi connectivity index (χ4n) is 5.20. The SMILES string of the molecule is CCCCCCCCCCCCCCCCCCOC(=O)CCc1cc(C)c([PH](O)(O)O)c(C(C)(C)C)c1. The molecular formula is C32H59O5P. The van der Waals surface area contributed by atoms with E-state index in [1.165, 1.54) is 89.9 Å². The second kappa shape index (κ2) is 19.1. The van der Waals surface area contributed by atoms with Gasteiger partial charge in [0.2, 0.25) is 0 Å². The van der Waals surface area contributed by atoms with Crippen molar-refractivity contribution in [3.8, 4) is 0 Å². The molecule has 0 heterocycles. The van der Waals surface area contributed by atoms with E-state index in [0.29, 0.717) is 30.6 Å². The topological polar surface area (TPSA) is 87.0 Å². The van der Waals surface area contributed by atoms with Crippen LogP contribution in [0.5, 0.6) is 0 Å². The third-order valence-electron chi connectivity index (χ3n) is 7.42. The molecule has 0 bridgehead atoms. The molecule has 3 N–H and O–H groups in total. The Morgan fingerprint density at radius 3 is 1.63 bits per heavy atom. The molecule has 0 unspecified atom stereocenters. The number of carbonyl (C=O) groups is 1. The first-order valence-electron chi connectivity index (χ1n) is 15.4. The predicted molar refractivity (Wildman–Crippen MR) is 163 cm³/mol. The zero-order chi connectivity index (χ0) is 28.4. The molecule has 0 radical (unpaired) electrons. The Bertz CT molecular complexity index is 779. The maximum absolute atomic E-state index is 12.2. The molecule has 0 atom stereocenters. The normalized spacial score (nSPS) is 12.6. The molecule has 1 aromatic rings. The Kier molecular flexibility index (Phi) is 17.6. The van der Waals surface area contributed by atoms with Crippen LogP contribution in [0.3, 0.4) is 0 Å². The zero-order valence-corrected chi connectivity index (χ0v) is 26.2. The Labute approximate surface area is 234 Å². The average Bonchev–Trinajstić information content (AvgIpc) is 2.83. The monoisotopic (exact) mass is 554 g/mol. The first-order valence-corrected chi connectivity index (χ1v) is 17.3. The predicted octanol–water partition coefficient (Wildman–Crippen LogP) is 8.13. The van der Waals surface area contributed by atoms with Crippen LogP contribution in [0, 0.1) is 6.92 Å². The molecule has 0 saturated carbocycles. The quantitative estimate of drug-likeness (QED) is 0.0811. The molecule has 0 aliphatic rings. The van der Waals surface area contributed by atoms with Crippen molar-refractivity contribution in [2.75, 3.05) is 6.61 Å². The fourth-order valence-corrected chi connectivity index (χ4v) is 6.61. The van der Waals surface area contributed by atoms with E-state index in [1.54, 1.807) is 6.92 Å². The van der Waals surface area contributed by atoms with Crippen LogP contribution in [-0.2, 0) is 21.4 Å². The molecule has 5 nitrogen and oxygen atoms in total. The van der Waals surface area contributed by atoms with Gasteiger partial charge in [0.05, 0.1) is 0 Å². The Morgan fingerprint density at radius 2 is 1.21 bits per heavy atom. The third-order valence-corrected chi connectivity index (χ3v) is 8.75. The van der Waals surface area contributed by atoms with Crippen LogP contribution < -0.4 is 5.30 Å². The van der Waals surface area contributed by atoms with Gasteiger partial charge in [-0.3, -0.25) is 0 Å². The zero-order valence-electron chi connectivity index (χ0n) is 25.2. The van der Waals surface area contributed by atoms with Gasteiger partial charge in [-0.2, -0.15) is 0 Å². The van der Waals surface area contributed by atoms with E-state index in [2.05, 4.69) is 6.92 Å². The van der Waals surface area contributed by atoms with Gasteiger partial charge in [0.1, 0.15) is 0 Å². The van der Waals surface area contributed by atoms with Crippen LogP contribution in [-0.4, -0.2) is 27.3 Å². The summed E-state index contributed by atoms with van der Waals surface area (Å²) >= 11 is 0. The summed E-state index contributed by atoms with van der Waals surface area (Å²) in [6, 6.07) is 3.72. The average molecular weight is 555 g/mol. The second-order valence-corrected chi connectivity index (χ2v) is 14.0. The van der Waals surface area contributed by atoms with Gasteiger partial charge >= 0.3 is 144 Å². The van der Waals surface area contributed by atoms with Gasteiger partial charge < -0.3 is 0 Å². The number of esters is 1. The number of benzene rings is 1. The summed E-state index contributed by atoms with van der Waals surface area (Å²) in [6.45, 7) is 10.4. The Balaban J connectivity index is 2.12. The molecule has 0 aromatic heterocycles. The van der Waals surface area contributed by atoms with E-state index in [0.717, 1.165) is 18.4 Å². The van der Waals surface area contributed by atoms with Gasteiger partial charge in [-0.15, -0.1) is 0 Å². The molecule has 0 spiro atoms. The van der Waals surface area contributed by atoms with Crippen molar-refractivity contribution >= 4 is 19.2 Å². The summed E-state index contributed by atoms with van der Waals surface area (Å²) < 4.78 is 5.44. The Hall–Kier alpha value is -1.00. The summed E-state index contributed by atoms with van der Waals surface area (Å²) in [5.41, 5.74) is 1.94. The minimum atomic E-state index is -4.44.